The lowest BCUT2D eigenvalue weighted by molar-refractivity contribution is -0.116. The van der Waals surface area contributed by atoms with Gasteiger partial charge in [0.2, 0.25) is 5.89 Å². The van der Waals surface area contributed by atoms with E-state index >= 15 is 0 Å². The van der Waals surface area contributed by atoms with Gasteiger partial charge in [-0.05, 0) is 69.0 Å². The molecule has 2 heterocycles. The second kappa shape index (κ2) is 11.1. The number of nitrogens with zero attached hydrogens (tertiary/aromatic N) is 2. The summed E-state index contributed by atoms with van der Waals surface area (Å²) in [5.41, 5.74) is 3.57. The molecule has 4 rings (SSSR count). The Balaban J connectivity index is 1.31. The lowest BCUT2D eigenvalue weighted by atomic mass is 10.1. The summed E-state index contributed by atoms with van der Waals surface area (Å²) in [4.78, 5) is 19.2. The highest BCUT2D eigenvalue weighted by molar-refractivity contribution is 7.91. The molecule has 0 N–H and O–H groups in total. The molecule has 6 nitrogen and oxygen atoms in total. The van der Waals surface area contributed by atoms with Gasteiger partial charge in [-0.15, -0.1) is 0 Å². The van der Waals surface area contributed by atoms with Crippen molar-refractivity contribution in [3.05, 3.63) is 77.2 Å². The Morgan fingerprint density at radius 2 is 1.71 bits per heavy atom. The second-order valence-corrected chi connectivity index (χ2v) is 11.2. The van der Waals surface area contributed by atoms with Crippen molar-refractivity contribution < 1.29 is 17.6 Å². The Kier molecular flexibility index (Phi) is 7.95. The first-order valence-corrected chi connectivity index (χ1v) is 13.7. The van der Waals surface area contributed by atoms with E-state index in [4.69, 9.17) is 4.42 Å². The molecular weight excluding hydrogens is 448 g/mol. The van der Waals surface area contributed by atoms with Crippen LogP contribution in [0.25, 0.3) is 11.5 Å². The molecule has 180 valence electrons. The average molecular weight is 481 g/mol. The SMILES string of the molecule is Cc1oc(-c2ccc(CN3CCCC3)cc2)nc1CS(=O)(=O)CC(=O)CCCc1ccccc1. The minimum absolute atomic E-state index is 0.251. The topological polar surface area (TPSA) is 80.5 Å². The number of oxazole rings is 1. The highest BCUT2D eigenvalue weighted by atomic mass is 32.2. The van der Waals surface area contributed by atoms with E-state index in [-0.39, 0.29) is 18.0 Å². The van der Waals surface area contributed by atoms with Gasteiger partial charge in [0, 0.05) is 18.5 Å². The van der Waals surface area contributed by atoms with Gasteiger partial charge in [-0.3, -0.25) is 9.69 Å². The molecule has 0 aliphatic carbocycles. The van der Waals surface area contributed by atoms with E-state index < -0.39 is 15.6 Å². The Bertz CT molecular complexity index is 1200. The van der Waals surface area contributed by atoms with Crippen LogP contribution in [0.1, 0.15) is 48.3 Å². The first-order valence-electron chi connectivity index (χ1n) is 11.9. The molecule has 0 saturated carbocycles. The molecule has 0 bridgehead atoms. The predicted octanol–water partition coefficient (Wildman–Crippen LogP) is 4.75. The third-order valence-electron chi connectivity index (χ3n) is 6.20. The number of carbonyl (C=O) groups excluding carboxylic acids is 1. The van der Waals surface area contributed by atoms with E-state index in [1.807, 2.05) is 42.5 Å². The number of carbonyl (C=O) groups is 1. The molecule has 2 aromatic carbocycles. The van der Waals surface area contributed by atoms with Crippen molar-refractivity contribution in [1.29, 1.82) is 0 Å². The van der Waals surface area contributed by atoms with Crippen molar-refractivity contribution in [3.63, 3.8) is 0 Å². The minimum Gasteiger partial charge on any atom is -0.441 e. The number of sulfone groups is 1. The molecule has 1 aliphatic rings. The van der Waals surface area contributed by atoms with Crippen molar-refractivity contribution in [2.24, 2.45) is 0 Å². The summed E-state index contributed by atoms with van der Waals surface area (Å²) in [6.07, 6.45) is 4.17. The zero-order valence-corrected chi connectivity index (χ0v) is 20.5. The van der Waals surface area contributed by atoms with E-state index in [1.54, 1.807) is 6.92 Å². The molecule has 0 radical (unpaired) electrons. The second-order valence-electron chi connectivity index (χ2n) is 9.11. The molecule has 1 aliphatic heterocycles. The number of aromatic nitrogens is 1. The monoisotopic (exact) mass is 480 g/mol. The first kappa shape index (κ1) is 24.4. The number of hydrogen-bond donors (Lipinski definition) is 0. The lowest BCUT2D eigenvalue weighted by Gasteiger charge is -2.14. The zero-order chi connectivity index (χ0) is 24.0. The number of hydrogen-bond acceptors (Lipinski definition) is 6. The fourth-order valence-electron chi connectivity index (χ4n) is 4.35. The van der Waals surface area contributed by atoms with Crippen molar-refractivity contribution >= 4 is 15.6 Å². The average Bonchev–Trinajstić information content (AvgIpc) is 3.44. The third kappa shape index (κ3) is 6.87. The maximum absolute atomic E-state index is 12.6. The molecule has 1 fully saturated rings. The van der Waals surface area contributed by atoms with E-state index in [1.165, 1.54) is 18.4 Å². The Labute approximate surface area is 201 Å². The maximum Gasteiger partial charge on any atom is 0.226 e. The van der Waals surface area contributed by atoms with Crippen LogP contribution < -0.4 is 0 Å². The smallest absolute Gasteiger partial charge is 0.226 e. The van der Waals surface area contributed by atoms with Crippen LogP contribution in [0.3, 0.4) is 0 Å². The Morgan fingerprint density at radius 1 is 1.00 bits per heavy atom. The van der Waals surface area contributed by atoms with Crippen LogP contribution in [0.5, 0.6) is 0 Å². The third-order valence-corrected chi connectivity index (χ3v) is 7.67. The van der Waals surface area contributed by atoms with Gasteiger partial charge in [0.1, 0.15) is 17.3 Å². The number of rotatable bonds is 11. The van der Waals surface area contributed by atoms with E-state index in [9.17, 15) is 13.2 Å². The Morgan fingerprint density at radius 3 is 2.41 bits per heavy atom. The van der Waals surface area contributed by atoms with Crippen LogP contribution in [0.2, 0.25) is 0 Å². The standard InChI is InChI=1S/C27H32N2O4S/c1-21-26(20-34(31,32)19-25(30)11-7-10-22-8-3-2-4-9-22)28-27(33-21)24-14-12-23(13-15-24)18-29-16-5-6-17-29/h2-4,8-9,12-15H,5-7,10-11,16-20H2,1H3. The van der Waals surface area contributed by atoms with Crippen molar-refractivity contribution in [2.75, 3.05) is 18.8 Å². The van der Waals surface area contributed by atoms with Crippen LogP contribution in [0.15, 0.2) is 59.0 Å². The number of benzene rings is 2. The van der Waals surface area contributed by atoms with Crippen LogP contribution in [-0.4, -0.2) is 42.9 Å². The zero-order valence-electron chi connectivity index (χ0n) is 19.7. The van der Waals surface area contributed by atoms with Gasteiger partial charge in [0.15, 0.2) is 9.84 Å². The van der Waals surface area contributed by atoms with Gasteiger partial charge in [0.05, 0.1) is 11.4 Å². The predicted molar refractivity (Wildman–Crippen MR) is 133 cm³/mol. The van der Waals surface area contributed by atoms with Gasteiger partial charge in [-0.2, -0.15) is 0 Å². The quantitative estimate of drug-likeness (QED) is 0.394. The van der Waals surface area contributed by atoms with Crippen molar-refractivity contribution in [2.45, 2.75) is 51.3 Å². The first-order chi connectivity index (χ1) is 16.4. The molecule has 0 amide bonds. The maximum atomic E-state index is 12.6. The fourth-order valence-corrected chi connectivity index (χ4v) is 5.77. The van der Waals surface area contributed by atoms with E-state index in [2.05, 4.69) is 22.0 Å². The summed E-state index contributed by atoms with van der Waals surface area (Å²) < 4.78 is 31.1. The summed E-state index contributed by atoms with van der Waals surface area (Å²) in [7, 11) is -3.62. The van der Waals surface area contributed by atoms with Gasteiger partial charge in [-0.1, -0.05) is 42.5 Å². The Hall–Kier alpha value is -2.77. The van der Waals surface area contributed by atoms with Crippen LogP contribution in [-0.2, 0) is 33.4 Å². The number of likely N-dealkylation sites (tertiary alicyclic amines) is 1. The van der Waals surface area contributed by atoms with Gasteiger partial charge < -0.3 is 4.42 Å². The van der Waals surface area contributed by atoms with Crippen molar-refractivity contribution in [3.8, 4) is 11.5 Å². The van der Waals surface area contributed by atoms with Crippen LogP contribution in [0, 0.1) is 6.92 Å². The molecule has 1 saturated heterocycles. The summed E-state index contributed by atoms with van der Waals surface area (Å²) in [5.74, 6) is -0.138. The minimum atomic E-state index is -3.62. The largest absolute Gasteiger partial charge is 0.441 e. The molecule has 0 unspecified atom stereocenters. The number of aryl methyl sites for hydroxylation is 2. The highest BCUT2D eigenvalue weighted by Gasteiger charge is 2.22. The highest BCUT2D eigenvalue weighted by Crippen LogP contribution is 2.24. The lowest BCUT2D eigenvalue weighted by Crippen LogP contribution is -2.18. The van der Waals surface area contributed by atoms with Gasteiger partial charge in [-0.25, -0.2) is 13.4 Å². The van der Waals surface area contributed by atoms with Crippen LogP contribution >= 0.6 is 0 Å². The van der Waals surface area contributed by atoms with Gasteiger partial charge >= 0.3 is 0 Å². The number of Topliss-reactive ketones (excluding diaryl/α,β-unsaturated/α-hetero) is 1. The molecule has 1 aromatic heterocycles. The van der Waals surface area contributed by atoms with Crippen molar-refractivity contribution in [1.82, 2.24) is 9.88 Å². The molecule has 34 heavy (non-hydrogen) atoms. The molecule has 0 spiro atoms. The summed E-state index contributed by atoms with van der Waals surface area (Å²) in [5, 5.41) is 0. The molecule has 7 heteroatoms. The fraction of sp³-hybridized carbons (Fsp3) is 0.407. The molecule has 3 aromatic rings. The van der Waals surface area contributed by atoms with Crippen LogP contribution in [0.4, 0.5) is 0 Å². The molecular formula is C27H32N2O4S. The molecule has 0 atom stereocenters. The summed E-state index contributed by atoms with van der Waals surface area (Å²) >= 11 is 0. The van der Waals surface area contributed by atoms with Gasteiger partial charge in [0.25, 0.3) is 0 Å². The normalized spacial score (nSPS) is 14.5. The number of ketones is 1. The van der Waals surface area contributed by atoms with E-state index in [0.29, 0.717) is 23.8 Å². The van der Waals surface area contributed by atoms with E-state index in [0.717, 1.165) is 37.2 Å². The summed E-state index contributed by atoms with van der Waals surface area (Å²) in [6.45, 7) is 4.95. The summed E-state index contributed by atoms with van der Waals surface area (Å²) in [6, 6.07) is 17.9.